The fourth-order valence-corrected chi connectivity index (χ4v) is 7.71. The Morgan fingerprint density at radius 1 is 1.17 bits per heavy atom. The van der Waals surface area contributed by atoms with E-state index >= 15 is 0 Å². The molecule has 0 spiro atoms. The van der Waals surface area contributed by atoms with Gasteiger partial charge in [-0.3, -0.25) is 24.2 Å². The maximum absolute atomic E-state index is 14.0. The van der Waals surface area contributed by atoms with Gasteiger partial charge in [0.1, 0.15) is 28.6 Å². The van der Waals surface area contributed by atoms with Gasteiger partial charge in [0.25, 0.3) is 5.91 Å². The molecule has 1 aromatic rings. The molecule has 0 radical (unpaired) electrons. The van der Waals surface area contributed by atoms with Gasteiger partial charge in [0.2, 0.25) is 5.78 Å². The number of aliphatic hydroxyl groups is 3. The van der Waals surface area contributed by atoms with Gasteiger partial charge in [0.15, 0.2) is 11.4 Å². The number of hydrogen-bond donors (Lipinski definition) is 5. The van der Waals surface area contributed by atoms with Gasteiger partial charge in [-0.15, -0.1) is 0 Å². The molecule has 222 valence electrons. The molecule has 1 saturated carbocycles. The second kappa shape index (κ2) is 10.1. The van der Waals surface area contributed by atoms with Crippen LogP contribution >= 0.6 is 0 Å². The SMILES string of the molecule is COc1c(CN2[C@H](C)CCC[C@@H]2C)cc(O)c2c1C[C@H]1C[C@H]3[C@H](N(C)C)C(=O)C(C(N)=O)=C(O)[C@@]3(O)C(=O)C1=C2O. The number of aromatic hydroxyl groups is 1. The van der Waals surface area contributed by atoms with Crippen LogP contribution in [0.25, 0.3) is 5.76 Å². The zero-order valence-electron chi connectivity index (χ0n) is 24.1. The van der Waals surface area contributed by atoms with Gasteiger partial charge < -0.3 is 30.9 Å². The molecule has 1 amide bonds. The number of ether oxygens (including phenoxy) is 1. The lowest BCUT2D eigenvalue weighted by atomic mass is 9.57. The molecule has 5 rings (SSSR count). The minimum Gasteiger partial charge on any atom is -0.508 e. The summed E-state index contributed by atoms with van der Waals surface area (Å²) in [7, 11) is 4.67. The zero-order valence-corrected chi connectivity index (χ0v) is 24.1. The molecule has 1 saturated heterocycles. The van der Waals surface area contributed by atoms with Crippen molar-refractivity contribution in [3.05, 3.63) is 39.7 Å². The molecule has 4 aliphatic rings. The predicted molar refractivity (Wildman–Crippen MR) is 149 cm³/mol. The van der Waals surface area contributed by atoms with Crippen LogP contribution in [0.2, 0.25) is 0 Å². The van der Waals surface area contributed by atoms with E-state index in [4.69, 9.17) is 10.5 Å². The van der Waals surface area contributed by atoms with Crippen LogP contribution in [0.15, 0.2) is 23.0 Å². The minimum absolute atomic E-state index is 0.0279. The number of hydrogen-bond acceptors (Lipinski definition) is 10. The van der Waals surface area contributed by atoms with E-state index in [9.17, 15) is 34.8 Å². The highest BCUT2D eigenvalue weighted by Gasteiger charge is 2.64. The number of phenolic OH excluding ortho intramolecular Hbond substituents is 1. The highest BCUT2D eigenvalue weighted by atomic mass is 16.5. The molecule has 1 aromatic carbocycles. The van der Waals surface area contributed by atoms with E-state index in [2.05, 4.69) is 18.7 Å². The van der Waals surface area contributed by atoms with Crippen LogP contribution in [0.5, 0.6) is 11.5 Å². The van der Waals surface area contributed by atoms with Crippen molar-refractivity contribution in [1.29, 1.82) is 0 Å². The van der Waals surface area contributed by atoms with E-state index in [0.717, 1.165) is 24.8 Å². The number of benzene rings is 1. The second-order valence-electron chi connectivity index (χ2n) is 12.2. The fraction of sp³-hybridized carbons (Fsp3) is 0.567. The van der Waals surface area contributed by atoms with Crippen LogP contribution in [-0.2, 0) is 27.3 Å². The number of phenols is 1. The van der Waals surface area contributed by atoms with E-state index in [-0.39, 0.29) is 29.7 Å². The predicted octanol–water partition coefficient (Wildman–Crippen LogP) is 1.74. The van der Waals surface area contributed by atoms with Crippen LogP contribution < -0.4 is 10.5 Å². The van der Waals surface area contributed by atoms with Gasteiger partial charge in [-0.25, -0.2) is 0 Å². The summed E-state index contributed by atoms with van der Waals surface area (Å²) in [5.74, 6) is -6.22. The van der Waals surface area contributed by atoms with Gasteiger partial charge in [0, 0.05) is 41.2 Å². The summed E-state index contributed by atoms with van der Waals surface area (Å²) in [6, 6.07) is 1.09. The molecule has 11 heteroatoms. The monoisotopic (exact) mass is 569 g/mol. The van der Waals surface area contributed by atoms with E-state index in [0.29, 0.717) is 29.9 Å². The lowest BCUT2D eigenvalue weighted by Gasteiger charge is -2.50. The Hall–Kier alpha value is -3.41. The second-order valence-corrected chi connectivity index (χ2v) is 12.2. The Kier molecular flexibility index (Phi) is 7.20. The van der Waals surface area contributed by atoms with Crippen molar-refractivity contribution in [3.8, 4) is 11.5 Å². The van der Waals surface area contributed by atoms with E-state index < -0.39 is 58.0 Å². The third-order valence-corrected chi connectivity index (χ3v) is 9.68. The molecular formula is C30H39N3O8. The number of amides is 1. The maximum atomic E-state index is 14.0. The molecule has 6 N–H and O–H groups in total. The number of nitrogens with two attached hydrogens (primary N) is 1. The van der Waals surface area contributed by atoms with Gasteiger partial charge in [-0.2, -0.15) is 0 Å². The number of likely N-dealkylation sites (tertiary alicyclic amines) is 1. The molecule has 0 bridgehead atoms. The number of nitrogens with zero attached hydrogens (tertiary/aromatic N) is 2. The number of carbonyl (C=O) groups excluding carboxylic acids is 3. The van der Waals surface area contributed by atoms with Crippen LogP contribution in [0.3, 0.4) is 0 Å². The summed E-state index contributed by atoms with van der Waals surface area (Å²) in [4.78, 5) is 43.3. The number of aliphatic hydroxyl groups excluding tert-OH is 2. The lowest BCUT2D eigenvalue weighted by molar-refractivity contribution is -0.153. The smallest absolute Gasteiger partial charge is 0.255 e. The number of primary amides is 1. The van der Waals surface area contributed by atoms with Gasteiger partial charge in [0.05, 0.1) is 18.7 Å². The normalized spacial score (nSPS) is 32.1. The summed E-state index contributed by atoms with van der Waals surface area (Å²) >= 11 is 0. The lowest BCUT2D eigenvalue weighted by Crippen LogP contribution is -2.65. The highest BCUT2D eigenvalue weighted by Crippen LogP contribution is 2.54. The Balaban J connectivity index is 1.66. The quantitative estimate of drug-likeness (QED) is 0.329. The van der Waals surface area contributed by atoms with Crippen molar-refractivity contribution in [2.24, 2.45) is 17.6 Å². The number of ketones is 2. The molecule has 3 aliphatic carbocycles. The van der Waals surface area contributed by atoms with E-state index in [1.807, 2.05) is 0 Å². The molecule has 0 aromatic heterocycles. The van der Waals surface area contributed by atoms with Gasteiger partial charge in [-0.05, 0) is 65.6 Å². The average molecular weight is 570 g/mol. The van der Waals surface area contributed by atoms with Crippen molar-refractivity contribution >= 4 is 23.2 Å². The number of methoxy groups -OCH3 is 1. The Morgan fingerprint density at radius 3 is 2.37 bits per heavy atom. The first-order valence-electron chi connectivity index (χ1n) is 14.1. The molecular weight excluding hydrogens is 530 g/mol. The number of rotatable bonds is 5. The topological polar surface area (TPSA) is 174 Å². The Morgan fingerprint density at radius 2 is 1.80 bits per heavy atom. The van der Waals surface area contributed by atoms with Gasteiger partial charge >= 0.3 is 0 Å². The Labute approximate surface area is 238 Å². The average Bonchev–Trinajstić information content (AvgIpc) is 2.88. The fourth-order valence-electron chi connectivity index (χ4n) is 7.71. The Bertz CT molecular complexity index is 1390. The summed E-state index contributed by atoms with van der Waals surface area (Å²) < 4.78 is 5.86. The number of carbonyl (C=O) groups is 3. The molecule has 41 heavy (non-hydrogen) atoms. The third-order valence-electron chi connectivity index (χ3n) is 9.68. The first kappa shape index (κ1) is 29.1. The molecule has 2 fully saturated rings. The first-order chi connectivity index (χ1) is 19.2. The molecule has 1 aliphatic heterocycles. The largest absolute Gasteiger partial charge is 0.508 e. The number of fused-ring (bicyclic) bond motifs is 3. The van der Waals surface area contributed by atoms with Crippen molar-refractivity contribution < 1.29 is 39.5 Å². The third kappa shape index (κ3) is 4.16. The first-order valence-corrected chi connectivity index (χ1v) is 14.1. The standard InChI is InChI=1S/C30H39N3O8/c1-13-7-6-8-14(2)33(13)12-16-11-19(34)21-17(26(16)41-5)9-15-10-18-23(32(3)4)25(36)22(29(31)39)28(38)30(18,40)27(37)20(15)24(21)35/h11,13-15,18,23,34-35,38,40H,6-10,12H2,1-5H3,(H2,31,39)/t13-,14+,15-,18-,23-,30-/m0/s1. The van der Waals surface area contributed by atoms with Crippen LogP contribution in [0, 0.1) is 11.8 Å². The summed E-state index contributed by atoms with van der Waals surface area (Å²) in [6.07, 6.45) is 3.49. The molecule has 11 nitrogen and oxygen atoms in total. The molecule has 0 unspecified atom stereocenters. The zero-order chi connectivity index (χ0) is 30.1. The summed E-state index contributed by atoms with van der Waals surface area (Å²) in [5, 5.41) is 45.4. The van der Waals surface area contributed by atoms with Crippen molar-refractivity contribution in [1.82, 2.24) is 9.80 Å². The van der Waals surface area contributed by atoms with Crippen LogP contribution in [0.4, 0.5) is 0 Å². The molecule has 1 heterocycles. The maximum Gasteiger partial charge on any atom is 0.255 e. The van der Waals surface area contributed by atoms with Crippen LogP contribution in [0.1, 0.15) is 56.2 Å². The van der Waals surface area contributed by atoms with Crippen molar-refractivity contribution in [2.75, 3.05) is 21.2 Å². The minimum atomic E-state index is -2.66. The molecule has 6 atom stereocenters. The van der Waals surface area contributed by atoms with Crippen molar-refractivity contribution in [3.63, 3.8) is 0 Å². The number of piperidine rings is 1. The van der Waals surface area contributed by atoms with E-state index in [1.165, 1.54) is 18.1 Å². The number of Topliss-reactive ketones (excluding diaryl/α,β-unsaturated/α-hetero) is 2. The van der Waals surface area contributed by atoms with Gasteiger partial charge in [-0.1, -0.05) is 6.42 Å². The summed E-state index contributed by atoms with van der Waals surface area (Å²) in [6.45, 7) is 4.88. The van der Waals surface area contributed by atoms with Crippen molar-refractivity contribution in [2.45, 2.75) is 76.2 Å². The highest BCUT2D eigenvalue weighted by molar-refractivity contribution is 6.24. The number of likely N-dealkylation sites (N-methyl/N-ethyl adjacent to an activating group) is 1. The summed E-state index contributed by atoms with van der Waals surface area (Å²) in [5.41, 5.74) is 3.02. The van der Waals surface area contributed by atoms with E-state index in [1.54, 1.807) is 14.1 Å². The van der Waals surface area contributed by atoms with Crippen LogP contribution in [-0.4, -0.2) is 92.6 Å².